The lowest BCUT2D eigenvalue weighted by atomic mass is 9.97. The summed E-state index contributed by atoms with van der Waals surface area (Å²) in [5.41, 5.74) is 9.65. The molecule has 1 heterocycles. The summed E-state index contributed by atoms with van der Waals surface area (Å²) in [6, 6.07) is 18.5. The van der Waals surface area contributed by atoms with E-state index in [1.165, 1.54) is 6.07 Å². The van der Waals surface area contributed by atoms with Crippen molar-refractivity contribution in [3.05, 3.63) is 82.9 Å². The van der Waals surface area contributed by atoms with Crippen LogP contribution in [0.5, 0.6) is 0 Å². The van der Waals surface area contributed by atoms with Gasteiger partial charge < -0.3 is 30.5 Å². The van der Waals surface area contributed by atoms with Crippen molar-refractivity contribution in [1.29, 1.82) is 0 Å². The van der Waals surface area contributed by atoms with E-state index in [9.17, 15) is 19.5 Å². The first-order valence-electron chi connectivity index (χ1n) is 15.3. The number of nitrogens with two attached hydrogens (primary N) is 1. The number of carbonyl (C=O) groups is 3. The molecule has 0 bridgehead atoms. The highest BCUT2D eigenvalue weighted by atomic mass is 35.5. The number of hydrogen-bond donors (Lipinski definition) is 3. The minimum absolute atomic E-state index is 0.0760. The molecular weight excluding hydrogens is 626 g/mol. The van der Waals surface area contributed by atoms with E-state index >= 15 is 0 Å². The van der Waals surface area contributed by atoms with Gasteiger partial charge in [-0.15, -0.1) is 5.10 Å². The monoisotopic (exact) mass is 665 g/mol. The maximum Gasteiger partial charge on any atom is 0.335 e. The maximum absolute atomic E-state index is 13.5. The quantitative estimate of drug-likeness (QED) is 0.125. The van der Waals surface area contributed by atoms with Gasteiger partial charge in [-0.1, -0.05) is 80.5 Å². The topological polar surface area (TPSA) is 168 Å². The number of aromatic nitrogens is 3. The summed E-state index contributed by atoms with van der Waals surface area (Å²) in [4.78, 5) is 44.6. The number of fused-ring (bicyclic) bond motifs is 1. The second kappa shape index (κ2) is 16.3. The highest BCUT2D eigenvalue weighted by Crippen LogP contribution is 2.24. The Morgan fingerprint density at radius 1 is 0.957 bits per heavy atom. The Labute approximate surface area is 278 Å². The number of hydrogen-bond acceptors (Lipinski definition) is 10. The zero-order valence-corrected chi connectivity index (χ0v) is 27.5. The van der Waals surface area contributed by atoms with Gasteiger partial charge in [0, 0.05) is 23.0 Å². The SMILES string of the molecule is CC(C)COC(=O)[C@H](O)C[C@@H](Cc1ccc(-c2cccc(Cl)c2)cc1)NC(=O)c1ccc2nnn(OCOC(=O)C(N)C(C)C)c2c1. The molecule has 0 aliphatic carbocycles. The van der Waals surface area contributed by atoms with Crippen LogP contribution >= 0.6 is 11.6 Å². The van der Waals surface area contributed by atoms with Crippen molar-refractivity contribution in [2.24, 2.45) is 17.6 Å². The average molecular weight is 666 g/mol. The Hall–Kier alpha value is -4.52. The van der Waals surface area contributed by atoms with Crippen LogP contribution in [-0.2, 0) is 25.5 Å². The number of nitrogens with one attached hydrogen (secondary N) is 1. The van der Waals surface area contributed by atoms with Gasteiger partial charge in [-0.2, -0.15) is 0 Å². The van der Waals surface area contributed by atoms with Gasteiger partial charge in [0.25, 0.3) is 12.7 Å². The zero-order chi connectivity index (χ0) is 34.1. The highest BCUT2D eigenvalue weighted by Gasteiger charge is 2.25. The summed E-state index contributed by atoms with van der Waals surface area (Å²) in [6.45, 7) is 7.10. The third-order valence-corrected chi connectivity index (χ3v) is 7.55. The summed E-state index contributed by atoms with van der Waals surface area (Å²) in [5.74, 6) is -1.84. The van der Waals surface area contributed by atoms with Crippen LogP contribution in [0.3, 0.4) is 0 Å². The Bertz CT molecular complexity index is 1680. The predicted octanol–water partition coefficient (Wildman–Crippen LogP) is 3.96. The lowest BCUT2D eigenvalue weighted by Gasteiger charge is -2.22. The van der Waals surface area contributed by atoms with Gasteiger partial charge in [0.05, 0.1) is 6.61 Å². The van der Waals surface area contributed by atoms with Crippen LogP contribution in [0.4, 0.5) is 0 Å². The predicted molar refractivity (Wildman–Crippen MR) is 176 cm³/mol. The largest absolute Gasteiger partial charge is 0.464 e. The number of aliphatic hydroxyl groups excluding tert-OH is 1. The third-order valence-electron chi connectivity index (χ3n) is 7.31. The van der Waals surface area contributed by atoms with Crippen molar-refractivity contribution in [1.82, 2.24) is 20.5 Å². The standard InChI is InChI=1S/C34H40ClN5O7/c1-20(2)18-45-33(43)30(41)17-27(14-22-8-10-23(11-9-22)24-6-5-7-26(35)15-24)37-32(42)25-12-13-28-29(16-25)40(39-38-28)47-19-46-34(44)31(36)21(3)4/h5-13,15-16,20-21,27,30-31,41H,14,17-19,36H2,1-4H3,(H,37,42)/t27-,30-,31?/m1/s1. The van der Waals surface area contributed by atoms with Crippen LogP contribution in [0.15, 0.2) is 66.7 Å². The Morgan fingerprint density at radius 3 is 2.38 bits per heavy atom. The molecule has 4 aromatic rings. The molecule has 0 radical (unpaired) electrons. The van der Waals surface area contributed by atoms with Crippen molar-refractivity contribution in [3.8, 4) is 11.1 Å². The summed E-state index contributed by atoms with van der Waals surface area (Å²) < 4.78 is 10.3. The van der Waals surface area contributed by atoms with Crippen LogP contribution in [0, 0.1) is 11.8 Å². The van der Waals surface area contributed by atoms with Gasteiger partial charge in [0.15, 0.2) is 6.10 Å². The number of rotatable bonds is 15. The van der Waals surface area contributed by atoms with Crippen molar-refractivity contribution in [2.45, 2.75) is 58.7 Å². The first-order valence-corrected chi connectivity index (χ1v) is 15.7. The van der Waals surface area contributed by atoms with Gasteiger partial charge in [0.1, 0.15) is 17.1 Å². The average Bonchev–Trinajstić information content (AvgIpc) is 3.45. The van der Waals surface area contributed by atoms with Gasteiger partial charge in [-0.3, -0.25) is 9.59 Å². The van der Waals surface area contributed by atoms with Crippen LogP contribution in [0.25, 0.3) is 22.2 Å². The van der Waals surface area contributed by atoms with E-state index in [1.807, 2.05) is 56.3 Å². The van der Waals surface area contributed by atoms with E-state index in [4.69, 9.17) is 31.6 Å². The van der Waals surface area contributed by atoms with Crippen LogP contribution < -0.4 is 15.9 Å². The molecule has 0 fully saturated rings. The number of ether oxygens (including phenoxy) is 2. The van der Waals surface area contributed by atoms with Gasteiger partial charge in [-0.05, 0) is 70.5 Å². The molecule has 3 aromatic carbocycles. The van der Waals surface area contributed by atoms with Gasteiger partial charge in [0.2, 0.25) is 0 Å². The number of nitrogens with zero attached hydrogens (tertiary/aromatic N) is 3. The summed E-state index contributed by atoms with van der Waals surface area (Å²) in [6.07, 6.45) is -1.20. The second-order valence-corrected chi connectivity index (χ2v) is 12.4. The normalized spacial score (nSPS) is 13.3. The smallest absolute Gasteiger partial charge is 0.335 e. The Balaban J connectivity index is 1.49. The molecule has 0 saturated heterocycles. The molecule has 250 valence electrons. The number of halogens is 1. The van der Waals surface area contributed by atoms with Crippen LogP contribution in [0.1, 0.15) is 50.0 Å². The number of esters is 2. The van der Waals surface area contributed by atoms with E-state index < -0.39 is 42.8 Å². The van der Waals surface area contributed by atoms with Crippen molar-refractivity contribution in [2.75, 3.05) is 13.4 Å². The Morgan fingerprint density at radius 2 is 1.70 bits per heavy atom. The Kier molecular flexibility index (Phi) is 12.3. The number of aliphatic hydroxyl groups is 1. The van der Waals surface area contributed by atoms with E-state index in [2.05, 4.69) is 15.6 Å². The third kappa shape index (κ3) is 9.98. The second-order valence-electron chi connectivity index (χ2n) is 12.0. The molecule has 1 unspecified atom stereocenters. The fourth-order valence-electron chi connectivity index (χ4n) is 4.60. The molecule has 4 rings (SSSR count). The molecule has 4 N–H and O–H groups in total. The van der Waals surface area contributed by atoms with Gasteiger partial charge in [-0.25, -0.2) is 4.79 Å². The molecule has 0 saturated carbocycles. The number of benzene rings is 3. The molecule has 12 nitrogen and oxygen atoms in total. The fraction of sp³-hybridized carbons (Fsp3) is 0.382. The molecule has 13 heteroatoms. The zero-order valence-electron chi connectivity index (χ0n) is 26.8. The number of amides is 1. The summed E-state index contributed by atoms with van der Waals surface area (Å²) >= 11 is 6.16. The lowest BCUT2D eigenvalue weighted by molar-refractivity contribution is -0.160. The molecule has 47 heavy (non-hydrogen) atoms. The minimum atomic E-state index is -1.45. The van der Waals surface area contributed by atoms with Crippen LogP contribution in [-0.4, -0.2) is 69.7 Å². The molecule has 0 aliphatic rings. The molecule has 0 spiro atoms. The first-order chi connectivity index (χ1) is 22.4. The summed E-state index contributed by atoms with van der Waals surface area (Å²) in [7, 11) is 0. The number of carbonyl (C=O) groups excluding carboxylic acids is 3. The van der Waals surface area contributed by atoms with Crippen molar-refractivity contribution >= 4 is 40.5 Å². The maximum atomic E-state index is 13.5. The van der Waals surface area contributed by atoms with E-state index in [-0.39, 0.29) is 30.4 Å². The molecule has 3 atom stereocenters. The van der Waals surface area contributed by atoms with Crippen molar-refractivity contribution < 1.29 is 33.8 Å². The van der Waals surface area contributed by atoms with E-state index in [0.29, 0.717) is 22.5 Å². The highest BCUT2D eigenvalue weighted by molar-refractivity contribution is 6.30. The molecule has 1 amide bonds. The minimum Gasteiger partial charge on any atom is -0.464 e. The first kappa shape index (κ1) is 35.3. The van der Waals surface area contributed by atoms with E-state index in [0.717, 1.165) is 21.5 Å². The molecular formula is C34H40ClN5O7. The fourth-order valence-corrected chi connectivity index (χ4v) is 4.79. The van der Waals surface area contributed by atoms with Gasteiger partial charge >= 0.3 is 11.9 Å². The summed E-state index contributed by atoms with van der Waals surface area (Å²) in [5, 5.41) is 22.2. The molecule has 1 aromatic heterocycles. The van der Waals surface area contributed by atoms with E-state index in [1.54, 1.807) is 32.0 Å². The van der Waals surface area contributed by atoms with Crippen LogP contribution in [0.2, 0.25) is 5.02 Å². The van der Waals surface area contributed by atoms with Crippen molar-refractivity contribution in [3.63, 3.8) is 0 Å². The molecule has 0 aliphatic heterocycles. The lowest BCUT2D eigenvalue weighted by Crippen LogP contribution is -2.41.